The number of aryl methyl sites for hydroxylation is 2. The van der Waals surface area contributed by atoms with Crippen LogP contribution in [0.15, 0.2) is 24.3 Å². The van der Waals surface area contributed by atoms with Crippen LogP contribution in [-0.2, 0) is 6.54 Å². The van der Waals surface area contributed by atoms with Gasteiger partial charge in [-0.15, -0.1) is 0 Å². The Balaban J connectivity index is 2.15. The van der Waals surface area contributed by atoms with E-state index in [1.165, 1.54) is 11.1 Å². The molecule has 0 saturated heterocycles. The molecular weight excluding hydrogens is 236 g/mol. The molecule has 2 aromatic rings. The molecule has 19 heavy (non-hydrogen) atoms. The van der Waals surface area contributed by atoms with E-state index in [1.54, 1.807) is 0 Å². The quantitative estimate of drug-likeness (QED) is 0.882. The monoisotopic (exact) mass is 256 g/mol. The van der Waals surface area contributed by atoms with Crippen molar-refractivity contribution in [3.63, 3.8) is 0 Å². The van der Waals surface area contributed by atoms with Gasteiger partial charge in [-0.05, 0) is 26.3 Å². The molecule has 4 nitrogen and oxygen atoms in total. The number of nitrogens with zero attached hydrogens (tertiary/aromatic N) is 2. The summed E-state index contributed by atoms with van der Waals surface area (Å²) in [5.74, 6) is 2.53. The summed E-state index contributed by atoms with van der Waals surface area (Å²) in [7, 11) is 1.87. The molecule has 1 aromatic heterocycles. The van der Waals surface area contributed by atoms with Crippen LogP contribution < -0.4 is 10.6 Å². The van der Waals surface area contributed by atoms with Gasteiger partial charge in [-0.1, -0.05) is 29.8 Å². The number of hydrogen-bond acceptors (Lipinski definition) is 4. The van der Waals surface area contributed by atoms with Gasteiger partial charge in [0.2, 0.25) is 0 Å². The molecule has 0 amide bonds. The van der Waals surface area contributed by atoms with Crippen molar-refractivity contribution < 1.29 is 0 Å². The molecule has 0 unspecified atom stereocenters. The molecule has 0 saturated carbocycles. The lowest BCUT2D eigenvalue weighted by molar-refractivity contribution is 1.00. The summed E-state index contributed by atoms with van der Waals surface area (Å²) in [4.78, 5) is 8.81. The summed E-state index contributed by atoms with van der Waals surface area (Å²) in [6.45, 7) is 6.77. The predicted molar refractivity (Wildman–Crippen MR) is 79.6 cm³/mol. The normalized spacial score (nSPS) is 10.3. The van der Waals surface area contributed by atoms with E-state index in [4.69, 9.17) is 0 Å². The van der Waals surface area contributed by atoms with E-state index < -0.39 is 0 Å². The van der Waals surface area contributed by atoms with Crippen LogP contribution in [0.4, 0.5) is 11.6 Å². The van der Waals surface area contributed by atoms with Crippen LogP contribution in [0.25, 0.3) is 0 Å². The van der Waals surface area contributed by atoms with Crippen molar-refractivity contribution in [1.82, 2.24) is 9.97 Å². The standard InChI is InChI=1S/C15H20N4/c1-10-5-7-13(8-6-10)9-17-15-11(2)14(16-4)18-12(3)19-15/h5-8H,9H2,1-4H3,(H2,16,17,18,19). The molecule has 0 aliphatic heterocycles. The highest BCUT2D eigenvalue weighted by molar-refractivity contribution is 5.57. The molecule has 2 N–H and O–H groups in total. The minimum atomic E-state index is 0.765. The van der Waals surface area contributed by atoms with Crippen molar-refractivity contribution in [2.24, 2.45) is 0 Å². The molecule has 0 fully saturated rings. The number of rotatable bonds is 4. The van der Waals surface area contributed by atoms with E-state index in [9.17, 15) is 0 Å². The lowest BCUT2D eigenvalue weighted by Gasteiger charge is -2.12. The highest BCUT2D eigenvalue weighted by atomic mass is 15.1. The molecule has 0 radical (unpaired) electrons. The zero-order valence-electron chi connectivity index (χ0n) is 11.9. The number of benzene rings is 1. The number of nitrogens with one attached hydrogen (secondary N) is 2. The topological polar surface area (TPSA) is 49.8 Å². The molecule has 0 aliphatic carbocycles. The zero-order valence-corrected chi connectivity index (χ0v) is 11.9. The first-order chi connectivity index (χ1) is 9.10. The third-order valence-corrected chi connectivity index (χ3v) is 3.07. The maximum Gasteiger partial charge on any atom is 0.135 e. The second-order valence-electron chi connectivity index (χ2n) is 4.68. The van der Waals surface area contributed by atoms with Crippen LogP contribution in [-0.4, -0.2) is 17.0 Å². The fraction of sp³-hybridized carbons (Fsp3) is 0.333. The summed E-state index contributed by atoms with van der Waals surface area (Å²) >= 11 is 0. The Hall–Kier alpha value is -2.10. The lowest BCUT2D eigenvalue weighted by Crippen LogP contribution is -2.08. The zero-order chi connectivity index (χ0) is 13.8. The predicted octanol–water partition coefficient (Wildman–Crippen LogP) is 3.06. The Morgan fingerprint density at radius 2 is 1.58 bits per heavy atom. The Labute approximate surface area is 114 Å². The van der Waals surface area contributed by atoms with E-state index >= 15 is 0 Å². The minimum Gasteiger partial charge on any atom is -0.373 e. The van der Waals surface area contributed by atoms with E-state index in [0.717, 1.165) is 29.6 Å². The average molecular weight is 256 g/mol. The molecule has 1 aromatic carbocycles. The van der Waals surface area contributed by atoms with Crippen LogP contribution in [0.1, 0.15) is 22.5 Å². The fourth-order valence-electron chi connectivity index (χ4n) is 1.94. The van der Waals surface area contributed by atoms with E-state index in [1.807, 2.05) is 20.9 Å². The van der Waals surface area contributed by atoms with Gasteiger partial charge in [-0.25, -0.2) is 9.97 Å². The Morgan fingerprint density at radius 1 is 0.947 bits per heavy atom. The smallest absolute Gasteiger partial charge is 0.135 e. The highest BCUT2D eigenvalue weighted by Gasteiger charge is 2.07. The first kappa shape index (κ1) is 13.3. The van der Waals surface area contributed by atoms with Gasteiger partial charge in [0.25, 0.3) is 0 Å². The summed E-state index contributed by atoms with van der Waals surface area (Å²) in [5, 5.41) is 6.46. The maximum atomic E-state index is 4.45. The molecule has 0 aliphatic rings. The van der Waals surface area contributed by atoms with Crippen LogP contribution >= 0.6 is 0 Å². The number of anilines is 2. The molecule has 0 spiro atoms. The van der Waals surface area contributed by atoms with Gasteiger partial charge in [-0.2, -0.15) is 0 Å². The van der Waals surface area contributed by atoms with Gasteiger partial charge >= 0.3 is 0 Å². The SMILES string of the molecule is CNc1nc(C)nc(NCc2ccc(C)cc2)c1C. The number of hydrogen-bond donors (Lipinski definition) is 2. The molecule has 100 valence electrons. The Morgan fingerprint density at radius 3 is 2.21 bits per heavy atom. The molecule has 4 heteroatoms. The Bertz CT molecular complexity index is 561. The van der Waals surface area contributed by atoms with Crippen molar-refractivity contribution in [1.29, 1.82) is 0 Å². The third-order valence-electron chi connectivity index (χ3n) is 3.07. The van der Waals surface area contributed by atoms with Gasteiger partial charge in [-0.3, -0.25) is 0 Å². The van der Waals surface area contributed by atoms with Gasteiger partial charge in [0.1, 0.15) is 17.5 Å². The Kier molecular flexibility index (Phi) is 4.00. The summed E-state index contributed by atoms with van der Waals surface area (Å²) < 4.78 is 0. The molecule has 1 heterocycles. The number of aromatic nitrogens is 2. The van der Waals surface area contributed by atoms with Crippen molar-refractivity contribution in [3.05, 3.63) is 46.8 Å². The first-order valence-electron chi connectivity index (χ1n) is 6.42. The largest absolute Gasteiger partial charge is 0.373 e. The fourth-order valence-corrected chi connectivity index (χ4v) is 1.94. The van der Waals surface area contributed by atoms with Crippen LogP contribution in [0, 0.1) is 20.8 Å². The lowest BCUT2D eigenvalue weighted by atomic mass is 10.1. The van der Waals surface area contributed by atoms with Gasteiger partial charge in [0.05, 0.1) is 0 Å². The van der Waals surface area contributed by atoms with Crippen LogP contribution in [0.2, 0.25) is 0 Å². The third kappa shape index (κ3) is 3.22. The second-order valence-corrected chi connectivity index (χ2v) is 4.68. The van der Waals surface area contributed by atoms with Crippen molar-refractivity contribution in [3.8, 4) is 0 Å². The second kappa shape index (κ2) is 5.69. The average Bonchev–Trinajstić information content (AvgIpc) is 2.41. The highest BCUT2D eigenvalue weighted by Crippen LogP contribution is 2.19. The van der Waals surface area contributed by atoms with Gasteiger partial charge in [0.15, 0.2) is 0 Å². The van der Waals surface area contributed by atoms with E-state index in [-0.39, 0.29) is 0 Å². The maximum absolute atomic E-state index is 4.45. The van der Waals surface area contributed by atoms with Gasteiger partial charge in [0, 0.05) is 19.2 Å². The first-order valence-corrected chi connectivity index (χ1v) is 6.42. The summed E-state index contributed by atoms with van der Waals surface area (Å²) in [6.07, 6.45) is 0. The van der Waals surface area contributed by atoms with Crippen LogP contribution in [0.5, 0.6) is 0 Å². The van der Waals surface area contributed by atoms with E-state index in [2.05, 4.69) is 51.8 Å². The summed E-state index contributed by atoms with van der Waals surface area (Å²) in [5.41, 5.74) is 3.56. The van der Waals surface area contributed by atoms with Crippen molar-refractivity contribution >= 4 is 11.6 Å². The van der Waals surface area contributed by atoms with Crippen LogP contribution in [0.3, 0.4) is 0 Å². The molecule has 2 rings (SSSR count). The van der Waals surface area contributed by atoms with Crippen molar-refractivity contribution in [2.75, 3.05) is 17.7 Å². The van der Waals surface area contributed by atoms with E-state index in [0.29, 0.717) is 0 Å². The minimum absolute atomic E-state index is 0.765. The summed E-state index contributed by atoms with van der Waals surface area (Å²) in [6, 6.07) is 8.50. The molecule has 0 bridgehead atoms. The molecular formula is C15H20N4. The molecule has 0 atom stereocenters. The van der Waals surface area contributed by atoms with Crippen molar-refractivity contribution in [2.45, 2.75) is 27.3 Å². The van der Waals surface area contributed by atoms with Gasteiger partial charge < -0.3 is 10.6 Å².